The molecular formula is C28H30BrCl2N3O4S. The number of carbonyl (C=O) groups excluding carboxylic acids is 2. The summed E-state index contributed by atoms with van der Waals surface area (Å²) in [7, 11) is -3.84. The molecule has 0 saturated carbocycles. The molecule has 0 aliphatic carbocycles. The molecule has 0 unspecified atom stereocenters. The first-order valence-corrected chi connectivity index (χ1v) is 15.7. The molecule has 0 aliphatic heterocycles. The van der Waals surface area contributed by atoms with E-state index < -0.39 is 28.5 Å². The number of halogens is 3. The summed E-state index contributed by atoms with van der Waals surface area (Å²) in [5.74, 6) is -0.893. The van der Waals surface area contributed by atoms with Gasteiger partial charge in [-0.05, 0) is 53.9 Å². The van der Waals surface area contributed by atoms with Crippen LogP contribution >= 0.6 is 39.1 Å². The van der Waals surface area contributed by atoms with Gasteiger partial charge in [-0.2, -0.15) is 0 Å². The van der Waals surface area contributed by atoms with Crippen molar-refractivity contribution in [2.45, 2.75) is 32.4 Å². The fourth-order valence-electron chi connectivity index (χ4n) is 3.97. The van der Waals surface area contributed by atoms with Gasteiger partial charge in [0.05, 0.1) is 11.9 Å². The fraction of sp³-hybridized carbons (Fsp3) is 0.286. The van der Waals surface area contributed by atoms with Crippen LogP contribution in [-0.4, -0.2) is 50.5 Å². The van der Waals surface area contributed by atoms with Crippen LogP contribution in [0.5, 0.6) is 0 Å². The maximum atomic E-state index is 14.0. The van der Waals surface area contributed by atoms with Gasteiger partial charge in [-0.3, -0.25) is 13.9 Å². The van der Waals surface area contributed by atoms with Gasteiger partial charge in [-0.25, -0.2) is 8.42 Å². The van der Waals surface area contributed by atoms with Gasteiger partial charge < -0.3 is 10.2 Å². The van der Waals surface area contributed by atoms with Crippen LogP contribution < -0.4 is 9.62 Å². The van der Waals surface area contributed by atoms with Gasteiger partial charge >= 0.3 is 0 Å². The predicted octanol–water partition coefficient (Wildman–Crippen LogP) is 5.69. The number of rotatable bonds is 12. The van der Waals surface area contributed by atoms with E-state index in [4.69, 9.17) is 23.2 Å². The number of amides is 2. The highest BCUT2D eigenvalue weighted by Gasteiger charge is 2.33. The van der Waals surface area contributed by atoms with Gasteiger partial charge in [0.15, 0.2) is 0 Å². The van der Waals surface area contributed by atoms with E-state index in [0.717, 1.165) is 20.6 Å². The molecule has 0 saturated heterocycles. The standard InChI is InChI=1S/C28H30BrCl2N3O4S/c1-3-15-32-28(36)26(16-20-7-5-4-6-8-20)33(18-21-9-12-23(30)17-25(21)31)27(35)19-34(39(2,37)38)24-13-10-22(29)11-14-24/h4-14,17,26H,3,15-16,18-19H2,1-2H3,(H,32,36)/t26-/m1/s1. The topological polar surface area (TPSA) is 86.8 Å². The first kappa shape index (κ1) is 30.9. The second-order valence-electron chi connectivity index (χ2n) is 9.00. The number of anilines is 1. The fourth-order valence-corrected chi connectivity index (χ4v) is 5.56. The summed E-state index contributed by atoms with van der Waals surface area (Å²) in [5, 5.41) is 3.66. The molecule has 0 fully saturated rings. The molecule has 39 heavy (non-hydrogen) atoms. The molecule has 0 aromatic heterocycles. The SMILES string of the molecule is CCCNC(=O)[C@@H](Cc1ccccc1)N(Cc1ccc(Cl)cc1Cl)C(=O)CN(c1ccc(Br)cc1)S(C)(=O)=O. The van der Waals surface area contributed by atoms with Crippen LogP contribution in [0.25, 0.3) is 0 Å². The summed E-state index contributed by atoms with van der Waals surface area (Å²) in [6, 6.07) is 19.9. The number of sulfonamides is 1. The number of benzene rings is 3. The monoisotopic (exact) mass is 653 g/mol. The van der Waals surface area contributed by atoms with Gasteiger partial charge in [0, 0.05) is 34.0 Å². The molecule has 7 nitrogen and oxygen atoms in total. The van der Waals surface area contributed by atoms with Gasteiger partial charge in [0.2, 0.25) is 21.8 Å². The molecule has 3 rings (SSSR count). The lowest BCUT2D eigenvalue weighted by Crippen LogP contribution is -2.53. The first-order chi connectivity index (χ1) is 18.5. The Bertz CT molecular complexity index is 1390. The smallest absolute Gasteiger partial charge is 0.244 e. The molecule has 11 heteroatoms. The van der Waals surface area contributed by atoms with Gasteiger partial charge in [-0.15, -0.1) is 0 Å². The summed E-state index contributed by atoms with van der Waals surface area (Å²) in [6.07, 6.45) is 1.98. The van der Waals surface area contributed by atoms with E-state index >= 15 is 0 Å². The maximum absolute atomic E-state index is 14.0. The Morgan fingerprint density at radius 1 is 1.00 bits per heavy atom. The van der Waals surface area contributed by atoms with E-state index in [9.17, 15) is 18.0 Å². The van der Waals surface area contributed by atoms with Gasteiger partial charge in [-0.1, -0.05) is 82.5 Å². The van der Waals surface area contributed by atoms with E-state index in [1.165, 1.54) is 4.90 Å². The number of hydrogen-bond acceptors (Lipinski definition) is 4. The third-order valence-electron chi connectivity index (χ3n) is 5.97. The van der Waals surface area contributed by atoms with Crippen LogP contribution in [0.1, 0.15) is 24.5 Å². The zero-order chi connectivity index (χ0) is 28.6. The first-order valence-electron chi connectivity index (χ1n) is 12.3. The summed E-state index contributed by atoms with van der Waals surface area (Å²) in [4.78, 5) is 28.9. The van der Waals surface area contributed by atoms with Crippen molar-refractivity contribution in [3.63, 3.8) is 0 Å². The molecule has 1 atom stereocenters. The predicted molar refractivity (Wildman–Crippen MR) is 161 cm³/mol. The van der Waals surface area contributed by atoms with Crippen molar-refractivity contribution in [1.29, 1.82) is 0 Å². The lowest BCUT2D eigenvalue weighted by molar-refractivity contribution is -0.140. The van der Waals surface area contributed by atoms with E-state index in [0.29, 0.717) is 34.3 Å². The van der Waals surface area contributed by atoms with Crippen LogP contribution in [0, 0.1) is 0 Å². The van der Waals surface area contributed by atoms with Crippen molar-refractivity contribution in [1.82, 2.24) is 10.2 Å². The van der Waals surface area contributed by atoms with Crippen molar-refractivity contribution in [3.05, 3.63) is 98.4 Å². The molecule has 0 bridgehead atoms. The van der Waals surface area contributed by atoms with Crippen molar-refractivity contribution in [2.24, 2.45) is 0 Å². The Balaban J connectivity index is 2.06. The largest absolute Gasteiger partial charge is 0.354 e. The minimum atomic E-state index is -3.84. The molecule has 0 aliphatic rings. The molecular weight excluding hydrogens is 625 g/mol. The van der Waals surface area contributed by atoms with Gasteiger partial charge in [0.1, 0.15) is 12.6 Å². The Kier molecular flexibility index (Phi) is 11.2. The van der Waals surface area contributed by atoms with Crippen LogP contribution in [0.3, 0.4) is 0 Å². The van der Waals surface area contributed by atoms with Crippen LogP contribution in [0.4, 0.5) is 5.69 Å². The quantitative estimate of drug-likeness (QED) is 0.272. The zero-order valence-electron chi connectivity index (χ0n) is 21.6. The third kappa shape index (κ3) is 8.96. The van der Waals surface area contributed by atoms with Gasteiger partial charge in [0.25, 0.3) is 0 Å². The maximum Gasteiger partial charge on any atom is 0.244 e. The number of nitrogens with one attached hydrogen (secondary N) is 1. The minimum absolute atomic E-state index is 0.0240. The molecule has 3 aromatic carbocycles. The molecule has 0 radical (unpaired) electrons. The van der Waals surface area contributed by atoms with E-state index in [-0.39, 0.29) is 18.9 Å². The van der Waals surface area contributed by atoms with Crippen molar-refractivity contribution in [3.8, 4) is 0 Å². The van der Waals surface area contributed by atoms with Crippen molar-refractivity contribution >= 4 is 66.7 Å². The Morgan fingerprint density at radius 2 is 1.67 bits per heavy atom. The molecule has 0 heterocycles. The highest BCUT2D eigenvalue weighted by Crippen LogP contribution is 2.26. The molecule has 0 spiro atoms. The second-order valence-corrected chi connectivity index (χ2v) is 12.7. The lowest BCUT2D eigenvalue weighted by atomic mass is 10.0. The summed E-state index contributed by atoms with van der Waals surface area (Å²) in [6.45, 7) is 1.84. The normalized spacial score (nSPS) is 12.0. The zero-order valence-corrected chi connectivity index (χ0v) is 25.5. The van der Waals surface area contributed by atoms with Crippen LogP contribution in [-0.2, 0) is 32.6 Å². The molecule has 2 amide bonds. The summed E-state index contributed by atoms with van der Waals surface area (Å²) < 4.78 is 27.4. The molecule has 208 valence electrons. The number of carbonyl (C=O) groups is 2. The average Bonchev–Trinajstić information content (AvgIpc) is 2.89. The van der Waals surface area contributed by atoms with Crippen molar-refractivity contribution < 1.29 is 18.0 Å². The number of hydrogen-bond donors (Lipinski definition) is 1. The molecule has 1 N–H and O–H groups in total. The highest BCUT2D eigenvalue weighted by molar-refractivity contribution is 9.10. The summed E-state index contributed by atoms with van der Waals surface area (Å²) in [5.41, 5.74) is 1.75. The van der Waals surface area contributed by atoms with E-state index in [2.05, 4.69) is 21.2 Å². The Labute approximate surface area is 248 Å². The Hall–Kier alpha value is -2.59. The minimum Gasteiger partial charge on any atom is -0.354 e. The number of nitrogens with zero attached hydrogens (tertiary/aromatic N) is 2. The Morgan fingerprint density at radius 3 is 2.26 bits per heavy atom. The van der Waals surface area contributed by atoms with Crippen molar-refractivity contribution in [2.75, 3.05) is 23.7 Å². The van der Waals surface area contributed by atoms with Crippen LogP contribution in [0.15, 0.2) is 77.3 Å². The van der Waals surface area contributed by atoms with E-state index in [1.54, 1.807) is 42.5 Å². The van der Waals surface area contributed by atoms with Crippen LogP contribution in [0.2, 0.25) is 10.0 Å². The second kappa shape index (κ2) is 14.2. The molecule has 3 aromatic rings. The highest BCUT2D eigenvalue weighted by atomic mass is 79.9. The summed E-state index contributed by atoms with van der Waals surface area (Å²) >= 11 is 15.9. The average molecular weight is 655 g/mol. The third-order valence-corrected chi connectivity index (χ3v) is 8.23. The lowest BCUT2D eigenvalue weighted by Gasteiger charge is -2.33. The van der Waals surface area contributed by atoms with E-state index in [1.807, 2.05) is 37.3 Å².